The Kier molecular flexibility index (Phi) is 5.10. The molecule has 1 amide bonds. The Balaban J connectivity index is 1.71. The average Bonchev–Trinajstić information content (AvgIpc) is 2.95. The number of hydrogen-bond donors (Lipinski definition) is 0. The van der Waals surface area contributed by atoms with Gasteiger partial charge in [-0.3, -0.25) is 9.48 Å². The zero-order valence-corrected chi connectivity index (χ0v) is 14.1. The first kappa shape index (κ1) is 16.2. The summed E-state index contributed by atoms with van der Waals surface area (Å²) in [6.45, 7) is 4.54. The van der Waals surface area contributed by atoms with E-state index in [0.717, 1.165) is 24.2 Å². The molecule has 1 aromatic heterocycles. The summed E-state index contributed by atoms with van der Waals surface area (Å²) < 4.78 is 7.44. The number of allylic oxidation sites excluding steroid dienone is 1. The van der Waals surface area contributed by atoms with Crippen molar-refractivity contribution in [1.82, 2.24) is 19.9 Å². The van der Waals surface area contributed by atoms with Crippen LogP contribution in [0.3, 0.4) is 0 Å². The van der Waals surface area contributed by atoms with Gasteiger partial charge in [-0.15, -0.1) is 5.10 Å². The first-order valence-electron chi connectivity index (χ1n) is 8.61. The number of hydrogen-bond acceptors (Lipinski definition) is 4. The van der Waals surface area contributed by atoms with Gasteiger partial charge in [0.15, 0.2) is 0 Å². The monoisotopic (exact) mass is 318 g/mol. The van der Waals surface area contributed by atoms with Crippen LogP contribution in [-0.2, 0) is 23.1 Å². The van der Waals surface area contributed by atoms with E-state index in [9.17, 15) is 4.79 Å². The average molecular weight is 318 g/mol. The van der Waals surface area contributed by atoms with Crippen LogP contribution < -0.4 is 0 Å². The first-order valence-corrected chi connectivity index (χ1v) is 8.61. The Labute approximate surface area is 137 Å². The molecule has 0 saturated carbocycles. The molecule has 0 bridgehead atoms. The molecule has 2 heterocycles. The molecule has 1 atom stereocenters. The topological polar surface area (TPSA) is 60.2 Å². The van der Waals surface area contributed by atoms with Crippen LogP contribution in [0.5, 0.6) is 0 Å². The lowest BCUT2D eigenvalue weighted by Crippen LogP contribution is -2.40. The second-order valence-electron chi connectivity index (χ2n) is 6.46. The van der Waals surface area contributed by atoms with E-state index in [1.54, 1.807) is 0 Å². The summed E-state index contributed by atoms with van der Waals surface area (Å²) in [6, 6.07) is 0. The van der Waals surface area contributed by atoms with E-state index < -0.39 is 0 Å². The van der Waals surface area contributed by atoms with E-state index in [4.69, 9.17) is 4.74 Å². The molecule has 126 valence electrons. The standard InChI is InChI=1S/C17H26N4O2/c1-3-23-12-14-10-21(11-15-17(14)20(2)19-18-15)16(22)9-13-7-5-4-6-8-13/h7,14H,3-6,8-12H2,1-2H3/t14-/m0/s1. The quantitative estimate of drug-likeness (QED) is 0.781. The molecule has 0 N–H and O–H groups in total. The predicted molar refractivity (Wildman–Crippen MR) is 86.8 cm³/mol. The highest BCUT2D eigenvalue weighted by atomic mass is 16.5. The van der Waals surface area contributed by atoms with Gasteiger partial charge in [0.05, 0.1) is 18.8 Å². The van der Waals surface area contributed by atoms with Gasteiger partial charge in [-0.25, -0.2) is 0 Å². The fourth-order valence-corrected chi connectivity index (χ4v) is 3.57. The third-order valence-corrected chi connectivity index (χ3v) is 4.75. The summed E-state index contributed by atoms with van der Waals surface area (Å²) in [7, 11) is 1.91. The maximum Gasteiger partial charge on any atom is 0.227 e. The van der Waals surface area contributed by atoms with Crippen LogP contribution in [0.25, 0.3) is 0 Å². The lowest BCUT2D eigenvalue weighted by molar-refractivity contribution is -0.132. The van der Waals surface area contributed by atoms with Crippen molar-refractivity contribution in [1.29, 1.82) is 0 Å². The Morgan fingerprint density at radius 2 is 2.30 bits per heavy atom. The highest BCUT2D eigenvalue weighted by Gasteiger charge is 2.32. The van der Waals surface area contributed by atoms with Crippen molar-refractivity contribution >= 4 is 5.91 Å². The molecule has 3 rings (SSSR count). The van der Waals surface area contributed by atoms with Crippen LogP contribution in [0.15, 0.2) is 11.6 Å². The lowest BCUT2D eigenvalue weighted by atomic mass is 9.95. The molecule has 23 heavy (non-hydrogen) atoms. The van der Waals surface area contributed by atoms with Gasteiger partial charge >= 0.3 is 0 Å². The fourth-order valence-electron chi connectivity index (χ4n) is 3.57. The van der Waals surface area contributed by atoms with E-state index in [2.05, 4.69) is 16.4 Å². The molecule has 0 radical (unpaired) electrons. The third-order valence-electron chi connectivity index (χ3n) is 4.75. The van der Waals surface area contributed by atoms with E-state index >= 15 is 0 Å². The molecule has 2 aliphatic rings. The molecule has 6 heteroatoms. The van der Waals surface area contributed by atoms with Crippen molar-refractivity contribution in [2.45, 2.75) is 51.5 Å². The van der Waals surface area contributed by atoms with Gasteiger partial charge in [0.2, 0.25) is 5.91 Å². The van der Waals surface area contributed by atoms with Gasteiger partial charge in [0, 0.05) is 32.5 Å². The number of fused-ring (bicyclic) bond motifs is 1. The molecule has 1 aliphatic carbocycles. The van der Waals surface area contributed by atoms with E-state index in [1.807, 2.05) is 23.6 Å². The van der Waals surface area contributed by atoms with Gasteiger partial charge in [-0.2, -0.15) is 0 Å². The van der Waals surface area contributed by atoms with Crippen LogP contribution in [-0.4, -0.2) is 45.6 Å². The smallest absolute Gasteiger partial charge is 0.227 e. The summed E-state index contributed by atoms with van der Waals surface area (Å²) in [5.74, 6) is 0.360. The summed E-state index contributed by atoms with van der Waals surface area (Å²) >= 11 is 0. The minimum atomic E-state index is 0.156. The van der Waals surface area contributed by atoms with Gasteiger partial charge in [-0.05, 0) is 32.6 Å². The zero-order valence-electron chi connectivity index (χ0n) is 14.1. The van der Waals surface area contributed by atoms with Crippen LogP contribution in [0.1, 0.15) is 56.3 Å². The second kappa shape index (κ2) is 7.25. The number of carbonyl (C=O) groups is 1. The number of nitrogens with zero attached hydrogens (tertiary/aromatic N) is 4. The molecular formula is C17H26N4O2. The van der Waals surface area contributed by atoms with Gasteiger partial charge < -0.3 is 9.64 Å². The fraction of sp³-hybridized carbons (Fsp3) is 0.706. The summed E-state index contributed by atoms with van der Waals surface area (Å²) in [4.78, 5) is 14.6. The zero-order chi connectivity index (χ0) is 16.2. The van der Waals surface area contributed by atoms with Crippen molar-refractivity contribution in [2.24, 2.45) is 7.05 Å². The van der Waals surface area contributed by atoms with Gasteiger partial charge in [0.25, 0.3) is 0 Å². The van der Waals surface area contributed by atoms with Gasteiger partial charge in [0.1, 0.15) is 5.69 Å². The summed E-state index contributed by atoms with van der Waals surface area (Å²) in [6.07, 6.45) is 7.44. The highest BCUT2D eigenvalue weighted by molar-refractivity contribution is 5.79. The molecule has 0 fully saturated rings. The minimum Gasteiger partial charge on any atom is -0.381 e. The summed E-state index contributed by atoms with van der Waals surface area (Å²) in [5, 5.41) is 8.37. The Hall–Kier alpha value is -1.69. The number of ether oxygens (including phenoxy) is 1. The Morgan fingerprint density at radius 3 is 3.04 bits per heavy atom. The van der Waals surface area contributed by atoms with Crippen LogP contribution >= 0.6 is 0 Å². The molecular weight excluding hydrogens is 292 g/mol. The van der Waals surface area contributed by atoms with Crippen LogP contribution in [0, 0.1) is 0 Å². The molecule has 0 unspecified atom stereocenters. The van der Waals surface area contributed by atoms with Crippen molar-refractivity contribution in [3.8, 4) is 0 Å². The van der Waals surface area contributed by atoms with Crippen LogP contribution in [0.4, 0.5) is 0 Å². The van der Waals surface area contributed by atoms with Crippen LogP contribution in [0.2, 0.25) is 0 Å². The van der Waals surface area contributed by atoms with Crippen molar-refractivity contribution < 1.29 is 9.53 Å². The summed E-state index contributed by atoms with van der Waals surface area (Å²) in [5.41, 5.74) is 3.32. The third kappa shape index (κ3) is 3.63. The van der Waals surface area contributed by atoms with Crippen molar-refractivity contribution in [2.75, 3.05) is 19.8 Å². The Bertz CT molecular complexity index is 593. The number of carbonyl (C=O) groups excluding carboxylic acids is 1. The predicted octanol–water partition coefficient (Wildman–Crippen LogP) is 2.17. The van der Waals surface area contributed by atoms with E-state index in [-0.39, 0.29) is 11.8 Å². The van der Waals surface area contributed by atoms with Crippen molar-refractivity contribution in [3.05, 3.63) is 23.0 Å². The maximum atomic E-state index is 12.7. The molecule has 6 nitrogen and oxygen atoms in total. The Morgan fingerprint density at radius 1 is 1.43 bits per heavy atom. The maximum absolute atomic E-state index is 12.7. The van der Waals surface area contributed by atoms with Gasteiger partial charge in [-0.1, -0.05) is 16.9 Å². The van der Waals surface area contributed by atoms with E-state index in [1.165, 1.54) is 18.4 Å². The van der Waals surface area contributed by atoms with E-state index in [0.29, 0.717) is 32.7 Å². The molecule has 0 saturated heterocycles. The number of rotatable bonds is 5. The normalized spacial score (nSPS) is 21.0. The number of aromatic nitrogens is 3. The molecule has 0 spiro atoms. The highest BCUT2D eigenvalue weighted by Crippen LogP contribution is 2.28. The molecule has 0 aromatic carbocycles. The lowest BCUT2D eigenvalue weighted by Gasteiger charge is -2.32. The van der Waals surface area contributed by atoms with Crippen molar-refractivity contribution in [3.63, 3.8) is 0 Å². The largest absolute Gasteiger partial charge is 0.381 e. The first-order chi connectivity index (χ1) is 11.2. The second-order valence-corrected chi connectivity index (χ2v) is 6.46. The number of aryl methyl sites for hydroxylation is 1. The molecule has 1 aliphatic heterocycles. The molecule has 1 aromatic rings. The SMILES string of the molecule is CCOC[C@@H]1CN(C(=O)CC2=CCCCC2)Cc2nnn(C)c21. The number of amides is 1. The minimum absolute atomic E-state index is 0.156.